The molecule has 0 saturated carbocycles. The summed E-state index contributed by atoms with van der Waals surface area (Å²) in [5.41, 5.74) is 5.20. The Hall–Kier alpha value is 0.570. The Bertz CT molecular complexity index is 286. The molecule has 3 N–H and O–H groups in total. The average molecular weight is 293 g/mol. The van der Waals surface area contributed by atoms with Crippen LogP contribution >= 0.6 is 0 Å². The van der Waals surface area contributed by atoms with Crippen LogP contribution < -0.4 is 5.73 Å². The molecule has 0 spiro atoms. The molecule has 0 aliphatic heterocycles. The molecule has 1 atom stereocenters. The summed E-state index contributed by atoms with van der Waals surface area (Å²) < 4.78 is 4.50. The Kier molecular flexibility index (Phi) is 19.4. The monoisotopic (exact) mass is 293 g/mol. The van der Waals surface area contributed by atoms with Crippen LogP contribution in [0.25, 0.3) is 0 Å². The van der Waals surface area contributed by atoms with Crippen molar-refractivity contribution in [3.8, 4) is 0 Å². The summed E-state index contributed by atoms with van der Waals surface area (Å²) in [6.45, 7) is 2.00. The van der Waals surface area contributed by atoms with Crippen molar-refractivity contribution in [1.82, 2.24) is 0 Å². The summed E-state index contributed by atoms with van der Waals surface area (Å²) in [6, 6.07) is -1.10. The molecule has 0 aliphatic carbocycles. The fraction of sp³-hybridized carbons (Fsp3) is 0.727. The number of rotatable bonds is 8. The molecule has 0 heterocycles. The predicted molar refractivity (Wildman–Crippen MR) is 74.4 cm³/mol. The van der Waals surface area contributed by atoms with Gasteiger partial charge in [-0.1, -0.05) is 19.8 Å². The van der Waals surface area contributed by atoms with Crippen molar-refractivity contribution in [3.63, 3.8) is 0 Å². The second-order valence-corrected chi connectivity index (χ2v) is 3.79. The molecule has 8 heteroatoms. The number of aliphatic carboxylic acids is 1. The van der Waals surface area contributed by atoms with Crippen LogP contribution in [0.1, 0.15) is 45.4 Å². The Morgan fingerprint density at radius 3 is 2.11 bits per heavy atom. The fourth-order valence-corrected chi connectivity index (χ4v) is 1.15. The standard InChI is InChI=1S/C11H19NO5.2Na.2H/c1-2-3-4-5-9(13)17-10(14)7-6-8(12)11(15)16;;;;/h8H,2-7,12H2,1H3,(H,15,16);;;;/t8-;;;;/m0..../s1. The van der Waals surface area contributed by atoms with Crippen molar-refractivity contribution in [2.24, 2.45) is 5.73 Å². The van der Waals surface area contributed by atoms with E-state index >= 15 is 0 Å². The van der Waals surface area contributed by atoms with E-state index in [2.05, 4.69) is 4.74 Å². The first-order valence-corrected chi connectivity index (χ1v) is 5.69. The molecule has 0 fully saturated rings. The third-order valence-corrected chi connectivity index (χ3v) is 2.19. The maximum absolute atomic E-state index is 11.1. The summed E-state index contributed by atoms with van der Waals surface area (Å²) in [5, 5.41) is 8.48. The van der Waals surface area contributed by atoms with Gasteiger partial charge < -0.3 is 15.6 Å². The van der Waals surface area contributed by atoms with Crippen molar-refractivity contribution < 1.29 is 24.2 Å². The van der Waals surface area contributed by atoms with Gasteiger partial charge in [-0.3, -0.25) is 14.4 Å². The number of carboxylic acids is 1. The number of nitrogens with two attached hydrogens (primary N) is 1. The van der Waals surface area contributed by atoms with E-state index in [4.69, 9.17) is 10.8 Å². The van der Waals surface area contributed by atoms with Crippen molar-refractivity contribution in [2.45, 2.75) is 51.5 Å². The van der Waals surface area contributed by atoms with E-state index in [1.807, 2.05) is 6.92 Å². The average Bonchev–Trinajstić information content (AvgIpc) is 2.26. The molecule has 0 radical (unpaired) electrons. The van der Waals surface area contributed by atoms with E-state index < -0.39 is 23.9 Å². The summed E-state index contributed by atoms with van der Waals surface area (Å²) in [7, 11) is 0. The van der Waals surface area contributed by atoms with Gasteiger partial charge in [-0.2, -0.15) is 0 Å². The van der Waals surface area contributed by atoms with Gasteiger partial charge in [0, 0.05) is 12.8 Å². The maximum atomic E-state index is 11.1. The van der Waals surface area contributed by atoms with Crippen LogP contribution in [-0.2, 0) is 19.1 Å². The van der Waals surface area contributed by atoms with Crippen molar-refractivity contribution in [2.75, 3.05) is 0 Å². The minimum atomic E-state index is -1.17. The fourth-order valence-electron chi connectivity index (χ4n) is 1.15. The van der Waals surface area contributed by atoms with Crippen LogP contribution in [0.3, 0.4) is 0 Å². The quantitative estimate of drug-likeness (QED) is 0.271. The van der Waals surface area contributed by atoms with E-state index in [0.29, 0.717) is 6.42 Å². The van der Waals surface area contributed by atoms with Gasteiger partial charge >= 0.3 is 77.0 Å². The first kappa shape index (κ1) is 24.6. The third kappa shape index (κ3) is 14.8. The number of hydrogen-bond donors (Lipinski definition) is 2. The van der Waals surface area contributed by atoms with Gasteiger partial charge in [0.1, 0.15) is 6.04 Å². The number of carboxylic acid groups (broad SMARTS) is 1. The topological polar surface area (TPSA) is 107 Å². The van der Waals surface area contributed by atoms with Crippen LogP contribution in [0, 0.1) is 0 Å². The molecule has 6 nitrogen and oxygen atoms in total. The van der Waals surface area contributed by atoms with Gasteiger partial charge in [-0.15, -0.1) is 0 Å². The molecule has 0 rings (SSSR count). The Labute approximate surface area is 157 Å². The molecular formula is C11H21NNa2O5. The van der Waals surface area contributed by atoms with Crippen LogP contribution in [0.2, 0.25) is 0 Å². The molecule has 0 saturated heterocycles. The minimum absolute atomic E-state index is 0. The molecule has 0 aliphatic rings. The normalized spacial score (nSPS) is 10.6. The molecule has 19 heavy (non-hydrogen) atoms. The van der Waals surface area contributed by atoms with Gasteiger partial charge in [0.15, 0.2) is 0 Å². The third-order valence-electron chi connectivity index (χ3n) is 2.19. The summed E-state index contributed by atoms with van der Waals surface area (Å²) in [5.74, 6) is -2.46. The number of carbonyl (C=O) groups is 3. The second-order valence-electron chi connectivity index (χ2n) is 3.79. The van der Waals surface area contributed by atoms with E-state index in [0.717, 1.165) is 12.8 Å². The van der Waals surface area contributed by atoms with Crippen molar-refractivity contribution in [1.29, 1.82) is 0 Å². The van der Waals surface area contributed by atoms with E-state index in [1.54, 1.807) is 0 Å². The van der Waals surface area contributed by atoms with Crippen LogP contribution in [-0.4, -0.2) is 88.2 Å². The molecular weight excluding hydrogens is 272 g/mol. The first-order valence-electron chi connectivity index (χ1n) is 5.69. The summed E-state index contributed by atoms with van der Waals surface area (Å²) >= 11 is 0. The zero-order valence-electron chi connectivity index (χ0n) is 9.98. The second kappa shape index (κ2) is 15.0. The van der Waals surface area contributed by atoms with Crippen LogP contribution in [0.15, 0.2) is 0 Å². The molecule has 0 amide bonds. The molecule has 102 valence electrons. The Balaban J connectivity index is -0.00000128. The number of ether oxygens (including phenoxy) is 1. The van der Waals surface area contributed by atoms with Crippen molar-refractivity contribution >= 4 is 77.0 Å². The van der Waals surface area contributed by atoms with Gasteiger partial charge in [-0.25, -0.2) is 0 Å². The van der Waals surface area contributed by atoms with Crippen LogP contribution in [0.5, 0.6) is 0 Å². The van der Waals surface area contributed by atoms with Crippen molar-refractivity contribution in [3.05, 3.63) is 0 Å². The summed E-state index contributed by atoms with van der Waals surface area (Å²) in [4.78, 5) is 32.6. The molecule has 0 bridgehead atoms. The molecule has 0 unspecified atom stereocenters. The first-order chi connectivity index (χ1) is 7.97. The predicted octanol–water partition coefficient (Wildman–Crippen LogP) is -0.468. The van der Waals surface area contributed by atoms with Gasteiger partial charge in [0.05, 0.1) is 0 Å². The summed E-state index contributed by atoms with van der Waals surface area (Å²) in [6.07, 6.45) is 2.60. The zero-order chi connectivity index (χ0) is 13.3. The van der Waals surface area contributed by atoms with Gasteiger partial charge in [-0.05, 0) is 12.8 Å². The number of hydrogen-bond acceptors (Lipinski definition) is 5. The molecule has 0 aromatic heterocycles. The zero-order valence-corrected chi connectivity index (χ0v) is 9.98. The number of carbonyl (C=O) groups excluding carboxylic acids is 2. The number of esters is 2. The van der Waals surface area contributed by atoms with Gasteiger partial charge in [0.2, 0.25) is 0 Å². The van der Waals surface area contributed by atoms with E-state index in [1.165, 1.54) is 0 Å². The van der Waals surface area contributed by atoms with Gasteiger partial charge in [0.25, 0.3) is 0 Å². The van der Waals surface area contributed by atoms with E-state index in [-0.39, 0.29) is 78.4 Å². The Morgan fingerprint density at radius 1 is 1.11 bits per heavy atom. The SMILES string of the molecule is CCCCCC(=O)OC(=O)CC[C@H](N)C(=O)O.[NaH].[NaH]. The van der Waals surface area contributed by atoms with Crippen LogP contribution in [0.4, 0.5) is 0 Å². The molecule has 0 aromatic rings. The number of unbranched alkanes of at least 4 members (excludes halogenated alkanes) is 2. The molecule has 0 aromatic carbocycles. The van der Waals surface area contributed by atoms with E-state index in [9.17, 15) is 14.4 Å². The Morgan fingerprint density at radius 2 is 1.63 bits per heavy atom.